The van der Waals surface area contributed by atoms with Gasteiger partial charge in [0, 0.05) is 11.8 Å². The summed E-state index contributed by atoms with van der Waals surface area (Å²) in [4.78, 5) is 16.4. The molecular weight excluding hydrogens is 244 g/mol. The summed E-state index contributed by atoms with van der Waals surface area (Å²) in [6, 6.07) is 7.79. The number of hydrogen-bond acceptors (Lipinski definition) is 4. The molecule has 1 aromatic carbocycles. The van der Waals surface area contributed by atoms with E-state index in [0.717, 1.165) is 16.1 Å². The Bertz CT molecular complexity index is 560. The van der Waals surface area contributed by atoms with Gasteiger partial charge in [0.1, 0.15) is 10.7 Å². The van der Waals surface area contributed by atoms with Crippen LogP contribution in [0.5, 0.6) is 0 Å². The third-order valence-electron chi connectivity index (χ3n) is 2.81. The number of aromatic nitrogens is 1. The normalized spacial score (nSPS) is 12.4. The summed E-state index contributed by atoms with van der Waals surface area (Å²) in [5, 5.41) is 2.60. The van der Waals surface area contributed by atoms with Crippen LogP contribution in [-0.2, 0) is 6.42 Å². The minimum absolute atomic E-state index is 0.0486. The first-order chi connectivity index (χ1) is 8.58. The van der Waals surface area contributed by atoms with Crippen molar-refractivity contribution in [1.29, 1.82) is 0 Å². The molecule has 2 rings (SSSR count). The monoisotopic (exact) mass is 260 g/mol. The van der Waals surface area contributed by atoms with E-state index < -0.39 is 0 Å². The molecule has 18 heavy (non-hydrogen) atoms. The first-order valence-electron chi connectivity index (χ1n) is 5.86. The second-order valence-electron chi connectivity index (χ2n) is 4.39. The highest BCUT2D eigenvalue weighted by Gasteiger charge is 2.13. The zero-order valence-electron chi connectivity index (χ0n) is 10.5. The van der Waals surface area contributed by atoms with Gasteiger partial charge in [-0.25, -0.2) is 4.98 Å². The summed E-state index contributed by atoms with van der Waals surface area (Å²) >= 11 is 1.44. The molecule has 1 heterocycles. The van der Waals surface area contributed by atoms with E-state index in [1.165, 1.54) is 11.3 Å². The topological polar surface area (TPSA) is 56.0 Å². The van der Waals surface area contributed by atoms with Crippen molar-refractivity contribution in [1.82, 2.24) is 4.98 Å². The molecule has 0 saturated carbocycles. The number of hydrogen-bond donors (Lipinski definition) is 1. The Morgan fingerprint density at radius 3 is 2.78 bits per heavy atom. The van der Waals surface area contributed by atoms with E-state index in [1.54, 1.807) is 5.38 Å². The average Bonchev–Trinajstić information content (AvgIpc) is 2.81. The SMILES string of the molecule is Cc1ccccc1CC(=O)c1csc(C(C)N)n1. The molecule has 1 atom stereocenters. The maximum absolute atomic E-state index is 12.1. The Labute approximate surface area is 111 Å². The molecule has 1 unspecified atom stereocenters. The number of ketones is 1. The first-order valence-corrected chi connectivity index (χ1v) is 6.74. The van der Waals surface area contributed by atoms with Gasteiger partial charge in [0.25, 0.3) is 0 Å². The van der Waals surface area contributed by atoms with Gasteiger partial charge in [-0.2, -0.15) is 0 Å². The van der Waals surface area contributed by atoms with Crippen LogP contribution in [0.4, 0.5) is 0 Å². The molecule has 0 amide bonds. The highest BCUT2D eigenvalue weighted by molar-refractivity contribution is 7.09. The smallest absolute Gasteiger partial charge is 0.186 e. The van der Waals surface area contributed by atoms with Crippen LogP contribution < -0.4 is 5.73 Å². The number of Topliss-reactive ketones (excluding diaryl/α,β-unsaturated/α-hetero) is 1. The minimum atomic E-state index is -0.116. The van der Waals surface area contributed by atoms with Crippen LogP contribution in [0, 0.1) is 6.92 Å². The van der Waals surface area contributed by atoms with Crippen LogP contribution in [0.3, 0.4) is 0 Å². The standard InChI is InChI=1S/C14H16N2OS/c1-9-5-3-4-6-11(9)7-13(17)12-8-18-14(16-12)10(2)15/h3-6,8,10H,7,15H2,1-2H3. The lowest BCUT2D eigenvalue weighted by Crippen LogP contribution is -2.08. The number of benzene rings is 1. The lowest BCUT2D eigenvalue weighted by molar-refractivity contribution is 0.0988. The summed E-state index contributed by atoms with van der Waals surface area (Å²) in [5.74, 6) is 0.0486. The van der Waals surface area contributed by atoms with Crippen LogP contribution in [-0.4, -0.2) is 10.8 Å². The number of nitrogens with zero attached hydrogens (tertiary/aromatic N) is 1. The third-order valence-corrected chi connectivity index (χ3v) is 3.86. The van der Waals surface area contributed by atoms with Crippen molar-refractivity contribution in [2.45, 2.75) is 26.3 Å². The van der Waals surface area contributed by atoms with E-state index in [0.29, 0.717) is 12.1 Å². The van der Waals surface area contributed by atoms with Gasteiger partial charge in [-0.1, -0.05) is 24.3 Å². The fraction of sp³-hybridized carbons (Fsp3) is 0.286. The molecule has 0 aliphatic heterocycles. The molecular formula is C14H16N2OS. The van der Waals surface area contributed by atoms with Crippen LogP contribution in [0.1, 0.15) is 39.6 Å². The van der Waals surface area contributed by atoms with Gasteiger partial charge < -0.3 is 5.73 Å². The summed E-state index contributed by atoms with van der Waals surface area (Å²) in [7, 11) is 0. The highest BCUT2D eigenvalue weighted by atomic mass is 32.1. The van der Waals surface area contributed by atoms with Gasteiger partial charge in [0.2, 0.25) is 0 Å². The van der Waals surface area contributed by atoms with E-state index >= 15 is 0 Å². The van der Waals surface area contributed by atoms with E-state index in [1.807, 2.05) is 38.1 Å². The fourth-order valence-electron chi connectivity index (χ4n) is 1.70. The molecule has 0 saturated heterocycles. The van der Waals surface area contributed by atoms with Crippen molar-refractivity contribution >= 4 is 17.1 Å². The van der Waals surface area contributed by atoms with E-state index in [2.05, 4.69) is 4.98 Å². The molecule has 0 radical (unpaired) electrons. The van der Waals surface area contributed by atoms with Crippen molar-refractivity contribution in [2.75, 3.05) is 0 Å². The number of carbonyl (C=O) groups is 1. The van der Waals surface area contributed by atoms with Crippen LogP contribution in [0.2, 0.25) is 0 Å². The summed E-state index contributed by atoms with van der Waals surface area (Å²) in [6.45, 7) is 3.88. The second kappa shape index (κ2) is 5.42. The quantitative estimate of drug-likeness (QED) is 0.860. The average molecular weight is 260 g/mol. The van der Waals surface area contributed by atoms with Gasteiger partial charge in [-0.05, 0) is 25.0 Å². The van der Waals surface area contributed by atoms with Crippen LogP contribution in [0.25, 0.3) is 0 Å². The van der Waals surface area contributed by atoms with Gasteiger partial charge in [-0.15, -0.1) is 11.3 Å². The molecule has 2 N–H and O–H groups in total. The minimum Gasteiger partial charge on any atom is -0.322 e. The molecule has 0 fully saturated rings. The van der Waals surface area contributed by atoms with Gasteiger partial charge in [0.05, 0.1) is 6.04 Å². The molecule has 0 aliphatic rings. The third kappa shape index (κ3) is 2.83. The Balaban J connectivity index is 2.15. The Morgan fingerprint density at radius 2 is 2.17 bits per heavy atom. The maximum Gasteiger partial charge on any atom is 0.186 e. The summed E-state index contributed by atoms with van der Waals surface area (Å²) in [5.41, 5.74) is 8.45. The zero-order chi connectivity index (χ0) is 13.1. The number of carbonyl (C=O) groups excluding carboxylic acids is 1. The first kappa shape index (κ1) is 12.9. The number of aryl methyl sites for hydroxylation is 1. The van der Waals surface area contributed by atoms with Crippen molar-refractivity contribution < 1.29 is 4.79 Å². The lowest BCUT2D eigenvalue weighted by Gasteiger charge is -2.03. The summed E-state index contributed by atoms with van der Waals surface area (Å²) < 4.78 is 0. The van der Waals surface area contributed by atoms with E-state index in [-0.39, 0.29) is 11.8 Å². The van der Waals surface area contributed by atoms with Crippen molar-refractivity contribution in [2.24, 2.45) is 5.73 Å². The largest absolute Gasteiger partial charge is 0.322 e. The number of nitrogens with two attached hydrogens (primary N) is 1. The lowest BCUT2D eigenvalue weighted by atomic mass is 10.0. The molecule has 94 valence electrons. The van der Waals surface area contributed by atoms with Crippen LogP contribution in [0.15, 0.2) is 29.6 Å². The Morgan fingerprint density at radius 1 is 1.44 bits per heavy atom. The molecule has 0 aliphatic carbocycles. The Hall–Kier alpha value is -1.52. The molecule has 0 spiro atoms. The number of thiazole rings is 1. The fourth-order valence-corrected chi connectivity index (χ4v) is 2.48. The second-order valence-corrected chi connectivity index (χ2v) is 5.28. The van der Waals surface area contributed by atoms with E-state index in [9.17, 15) is 4.79 Å². The molecule has 3 nitrogen and oxygen atoms in total. The predicted octanol–water partition coefficient (Wildman–Crippen LogP) is 2.90. The molecule has 0 bridgehead atoms. The predicted molar refractivity (Wildman–Crippen MR) is 73.9 cm³/mol. The van der Waals surface area contributed by atoms with Gasteiger partial charge >= 0.3 is 0 Å². The maximum atomic E-state index is 12.1. The summed E-state index contributed by atoms with van der Waals surface area (Å²) in [6.07, 6.45) is 0.398. The van der Waals surface area contributed by atoms with Crippen LogP contribution >= 0.6 is 11.3 Å². The molecule has 2 aromatic rings. The van der Waals surface area contributed by atoms with Crippen molar-refractivity contribution in [3.8, 4) is 0 Å². The molecule has 4 heteroatoms. The van der Waals surface area contributed by atoms with Gasteiger partial charge in [0.15, 0.2) is 5.78 Å². The Kier molecular flexibility index (Phi) is 3.89. The molecule has 1 aromatic heterocycles. The van der Waals surface area contributed by atoms with Crippen molar-refractivity contribution in [3.05, 3.63) is 51.5 Å². The number of rotatable bonds is 4. The van der Waals surface area contributed by atoms with E-state index in [4.69, 9.17) is 5.73 Å². The van der Waals surface area contributed by atoms with Crippen molar-refractivity contribution in [3.63, 3.8) is 0 Å². The van der Waals surface area contributed by atoms with Gasteiger partial charge in [-0.3, -0.25) is 4.79 Å². The zero-order valence-corrected chi connectivity index (χ0v) is 11.3. The highest BCUT2D eigenvalue weighted by Crippen LogP contribution is 2.18.